The highest BCUT2D eigenvalue weighted by atomic mass is 16.5. The molecule has 3 aromatic rings. The lowest BCUT2D eigenvalue weighted by atomic mass is 9.86. The topological polar surface area (TPSA) is 129 Å². The van der Waals surface area contributed by atoms with Crippen molar-refractivity contribution in [3.63, 3.8) is 0 Å². The minimum atomic E-state index is -0.612. The van der Waals surface area contributed by atoms with Crippen LogP contribution in [0.5, 0.6) is 23.0 Å². The molecule has 1 aliphatic heterocycles. The van der Waals surface area contributed by atoms with Crippen molar-refractivity contribution in [1.82, 2.24) is 10.2 Å². The van der Waals surface area contributed by atoms with Gasteiger partial charge in [0.05, 0.1) is 27.9 Å². The van der Waals surface area contributed by atoms with Crippen molar-refractivity contribution in [2.45, 2.75) is 25.2 Å². The molecule has 0 spiro atoms. The van der Waals surface area contributed by atoms with Gasteiger partial charge >= 0.3 is 0 Å². The minimum Gasteiger partial charge on any atom is -0.493 e. The van der Waals surface area contributed by atoms with Gasteiger partial charge in [-0.3, -0.25) is 14.7 Å². The Kier molecular flexibility index (Phi) is 6.30. The molecule has 2 aromatic carbocycles. The molecule has 0 saturated carbocycles. The first-order valence-electron chi connectivity index (χ1n) is 10.6. The van der Waals surface area contributed by atoms with E-state index in [1.54, 1.807) is 12.1 Å². The number of rotatable bonds is 9. The number of fused-ring (bicyclic) bond motifs is 1. The Balaban J connectivity index is 1.79. The summed E-state index contributed by atoms with van der Waals surface area (Å²) in [4.78, 5) is 24.9. The Bertz CT molecular complexity index is 1200. The number of aromatic nitrogens is 2. The van der Waals surface area contributed by atoms with E-state index < -0.39 is 11.8 Å². The molecule has 0 saturated heterocycles. The lowest BCUT2D eigenvalue weighted by Gasteiger charge is -2.20. The van der Waals surface area contributed by atoms with Gasteiger partial charge in [0.25, 0.3) is 5.56 Å². The van der Waals surface area contributed by atoms with Gasteiger partial charge < -0.3 is 29.8 Å². The van der Waals surface area contributed by atoms with Crippen molar-refractivity contribution in [3.8, 4) is 23.0 Å². The number of ether oxygens (including phenoxy) is 4. The maximum Gasteiger partial charge on any atom is 0.267 e. The maximum atomic E-state index is 12.9. The summed E-state index contributed by atoms with van der Waals surface area (Å²) in [5, 5.41) is 5.65. The molecule has 4 N–H and O–H groups in total. The molecule has 0 unspecified atom stereocenters. The second kappa shape index (κ2) is 9.32. The SMILES string of the molecule is COc1cc([C@H](CC(N)=O)c2c(Cc3ccc4c(c3)CCO4)[nH][nH]c2=O)cc(OC)c1OC. The smallest absolute Gasteiger partial charge is 0.267 e. The second-order valence-electron chi connectivity index (χ2n) is 7.87. The van der Waals surface area contributed by atoms with Gasteiger partial charge in [-0.2, -0.15) is 0 Å². The number of hydrogen-bond acceptors (Lipinski definition) is 6. The van der Waals surface area contributed by atoms with Crippen LogP contribution in [-0.2, 0) is 17.6 Å². The van der Waals surface area contributed by atoms with Gasteiger partial charge in [0, 0.05) is 36.4 Å². The number of H-pyrrole nitrogens is 2. The highest BCUT2D eigenvalue weighted by Gasteiger charge is 2.27. The average molecular weight is 453 g/mol. The number of benzene rings is 2. The molecular weight excluding hydrogens is 426 g/mol. The molecule has 0 fully saturated rings. The molecule has 9 heteroatoms. The number of hydrogen-bond donors (Lipinski definition) is 3. The first-order valence-corrected chi connectivity index (χ1v) is 10.6. The molecule has 174 valence electrons. The molecule has 2 heterocycles. The molecule has 33 heavy (non-hydrogen) atoms. The van der Waals surface area contributed by atoms with Crippen LogP contribution in [0.4, 0.5) is 0 Å². The highest BCUT2D eigenvalue weighted by molar-refractivity contribution is 5.76. The molecule has 1 aliphatic rings. The predicted molar refractivity (Wildman–Crippen MR) is 122 cm³/mol. The molecule has 4 rings (SSSR count). The van der Waals surface area contributed by atoms with E-state index >= 15 is 0 Å². The van der Waals surface area contributed by atoms with Gasteiger partial charge in [-0.25, -0.2) is 0 Å². The summed E-state index contributed by atoms with van der Waals surface area (Å²) in [5.74, 6) is 1.02. The van der Waals surface area contributed by atoms with E-state index in [4.69, 9.17) is 24.7 Å². The van der Waals surface area contributed by atoms with Crippen molar-refractivity contribution in [2.24, 2.45) is 5.73 Å². The van der Waals surface area contributed by atoms with E-state index in [9.17, 15) is 9.59 Å². The average Bonchev–Trinajstić information content (AvgIpc) is 3.42. The molecule has 0 aliphatic carbocycles. The van der Waals surface area contributed by atoms with E-state index in [-0.39, 0.29) is 12.0 Å². The molecule has 0 bridgehead atoms. The molecule has 1 amide bonds. The monoisotopic (exact) mass is 453 g/mol. The third-order valence-corrected chi connectivity index (χ3v) is 5.87. The van der Waals surface area contributed by atoms with E-state index in [1.165, 1.54) is 21.3 Å². The quantitative estimate of drug-likeness (QED) is 0.456. The standard InChI is InChI=1S/C24H27N3O6/c1-30-19-10-15(11-20(31-2)23(19)32-3)16(12-21(25)28)22-17(26-27-24(22)29)9-13-4-5-18-14(8-13)6-7-33-18/h4-5,8,10-11,16H,6-7,9,12H2,1-3H3,(H2,25,28)(H2,26,27,29)/t16-/m0/s1. The van der Waals surface area contributed by atoms with Crippen molar-refractivity contribution >= 4 is 5.91 Å². The van der Waals surface area contributed by atoms with Crippen LogP contribution in [0.1, 0.15) is 40.3 Å². The van der Waals surface area contributed by atoms with Crippen molar-refractivity contribution in [2.75, 3.05) is 27.9 Å². The number of nitrogens with two attached hydrogens (primary N) is 1. The molecule has 9 nitrogen and oxygen atoms in total. The van der Waals surface area contributed by atoms with Gasteiger partial charge in [-0.1, -0.05) is 12.1 Å². The zero-order chi connectivity index (χ0) is 23.5. The molecule has 1 atom stereocenters. The second-order valence-corrected chi connectivity index (χ2v) is 7.87. The lowest BCUT2D eigenvalue weighted by Crippen LogP contribution is -2.21. The highest BCUT2D eigenvalue weighted by Crippen LogP contribution is 2.42. The van der Waals surface area contributed by atoms with Crippen LogP contribution < -0.4 is 30.2 Å². The van der Waals surface area contributed by atoms with E-state index in [2.05, 4.69) is 16.3 Å². The Hall–Kier alpha value is -3.88. The van der Waals surface area contributed by atoms with Gasteiger partial charge in [0.2, 0.25) is 11.7 Å². The van der Waals surface area contributed by atoms with Crippen LogP contribution in [0.15, 0.2) is 35.1 Å². The summed E-state index contributed by atoms with van der Waals surface area (Å²) < 4.78 is 21.9. The normalized spacial score (nSPS) is 13.2. The van der Waals surface area contributed by atoms with E-state index in [1.807, 2.05) is 12.1 Å². The van der Waals surface area contributed by atoms with Crippen molar-refractivity contribution in [1.29, 1.82) is 0 Å². The molecular formula is C24H27N3O6. The maximum absolute atomic E-state index is 12.9. The fourth-order valence-electron chi connectivity index (χ4n) is 4.36. The summed E-state index contributed by atoms with van der Waals surface area (Å²) in [6.45, 7) is 0.673. The van der Waals surface area contributed by atoms with Crippen LogP contribution in [0, 0.1) is 0 Å². The summed E-state index contributed by atoms with van der Waals surface area (Å²) in [5.41, 5.74) is 9.22. The Morgan fingerprint density at radius 3 is 2.45 bits per heavy atom. The summed E-state index contributed by atoms with van der Waals surface area (Å²) in [7, 11) is 4.53. The fourth-order valence-corrected chi connectivity index (χ4v) is 4.36. The number of carbonyl (C=O) groups excluding carboxylic acids is 1. The van der Waals surface area contributed by atoms with E-state index in [0.717, 1.165) is 23.3 Å². The number of nitrogens with one attached hydrogen (secondary N) is 2. The van der Waals surface area contributed by atoms with Gasteiger partial charge in [0.1, 0.15) is 5.75 Å². The molecule has 0 radical (unpaired) electrons. The zero-order valence-corrected chi connectivity index (χ0v) is 18.8. The van der Waals surface area contributed by atoms with Crippen LogP contribution >= 0.6 is 0 Å². The zero-order valence-electron chi connectivity index (χ0n) is 18.8. The Morgan fingerprint density at radius 2 is 1.82 bits per heavy atom. The first-order chi connectivity index (χ1) is 15.9. The van der Waals surface area contributed by atoms with Crippen LogP contribution in [0.2, 0.25) is 0 Å². The number of primary amides is 1. The first kappa shape index (κ1) is 22.3. The van der Waals surface area contributed by atoms with Crippen LogP contribution in [0.25, 0.3) is 0 Å². The predicted octanol–water partition coefficient (Wildman–Crippen LogP) is 2.26. The van der Waals surface area contributed by atoms with Gasteiger partial charge in [-0.15, -0.1) is 0 Å². The number of methoxy groups -OCH3 is 3. The number of carbonyl (C=O) groups is 1. The Labute approximate surface area is 190 Å². The fraction of sp³-hybridized carbons (Fsp3) is 0.333. The van der Waals surface area contributed by atoms with Gasteiger partial charge in [0.15, 0.2) is 11.5 Å². The molecule has 1 aromatic heterocycles. The number of amides is 1. The van der Waals surface area contributed by atoms with Crippen molar-refractivity contribution < 1.29 is 23.7 Å². The Morgan fingerprint density at radius 1 is 1.09 bits per heavy atom. The van der Waals surface area contributed by atoms with Crippen molar-refractivity contribution in [3.05, 3.63) is 68.6 Å². The third kappa shape index (κ3) is 4.39. The lowest BCUT2D eigenvalue weighted by molar-refractivity contribution is -0.118. The summed E-state index contributed by atoms with van der Waals surface area (Å²) in [6, 6.07) is 9.47. The summed E-state index contributed by atoms with van der Waals surface area (Å²) >= 11 is 0. The largest absolute Gasteiger partial charge is 0.493 e. The summed E-state index contributed by atoms with van der Waals surface area (Å²) in [6.07, 6.45) is 1.26. The number of aromatic amines is 2. The van der Waals surface area contributed by atoms with Crippen LogP contribution in [0.3, 0.4) is 0 Å². The minimum absolute atomic E-state index is 0.0649. The van der Waals surface area contributed by atoms with Crippen LogP contribution in [-0.4, -0.2) is 44.0 Å². The van der Waals surface area contributed by atoms with E-state index in [0.29, 0.717) is 47.1 Å². The van der Waals surface area contributed by atoms with Gasteiger partial charge in [-0.05, 0) is 34.9 Å². The third-order valence-electron chi connectivity index (χ3n) is 5.87.